The van der Waals surface area contributed by atoms with Gasteiger partial charge < -0.3 is 19.7 Å². The summed E-state index contributed by atoms with van der Waals surface area (Å²) in [5.74, 6) is -1.64. The smallest absolute Gasteiger partial charge is 0.342 e. The van der Waals surface area contributed by atoms with Crippen LogP contribution in [0.4, 0.5) is 0 Å². The molecule has 0 unspecified atom stereocenters. The molecule has 0 bridgehead atoms. The summed E-state index contributed by atoms with van der Waals surface area (Å²) in [7, 11) is 0. The van der Waals surface area contributed by atoms with E-state index in [9.17, 15) is 24.6 Å². The van der Waals surface area contributed by atoms with Gasteiger partial charge in [-0.25, -0.2) is 4.79 Å². The number of phenolic OH excluding ortho intramolecular Hbond substituents is 2. The Hall–Kier alpha value is -3.61. The van der Waals surface area contributed by atoms with Crippen LogP contribution in [0.1, 0.15) is 84.8 Å². The molecule has 2 aromatic rings. The lowest BCUT2D eigenvalue weighted by Crippen LogP contribution is -2.23. The zero-order chi connectivity index (χ0) is 24.2. The van der Waals surface area contributed by atoms with E-state index in [-0.39, 0.29) is 35.0 Å². The number of benzene rings is 2. The monoisotopic (exact) mass is 464 g/mol. The van der Waals surface area contributed by atoms with Crippen LogP contribution in [0.2, 0.25) is 0 Å². The predicted molar refractivity (Wildman–Crippen MR) is 125 cm³/mol. The summed E-state index contributed by atoms with van der Waals surface area (Å²) in [5.41, 5.74) is 1.32. The number of ketones is 1. The molecule has 2 aliphatic heterocycles. The van der Waals surface area contributed by atoms with Crippen molar-refractivity contribution in [2.75, 3.05) is 0 Å². The highest BCUT2D eigenvalue weighted by Crippen LogP contribution is 2.47. The number of aromatic hydroxyl groups is 2. The van der Waals surface area contributed by atoms with E-state index in [0.29, 0.717) is 55.2 Å². The summed E-state index contributed by atoms with van der Waals surface area (Å²) >= 11 is 0. The van der Waals surface area contributed by atoms with Gasteiger partial charge in [0, 0.05) is 24.3 Å². The average molecular weight is 465 g/mol. The first-order valence-electron chi connectivity index (χ1n) is 11.6. The zero-order valence-corrected chi connectivity index (χ0v) is 19.1. The van der Waals surface area contributed by atoms with Crippen LogP contribution in [0.5, 0.6) is 17.2 Å². The van der Waals surface area contributed by atoms with E-state index in [2.05, 4.69) is 0 Å². The van der Waals surface area contributed by atoms with Crippen molar-refractivity contribution in [3.05, 3.63) is 58.7 Å². The molecule has 2 atom stereocenters. The topological polar surface area (TPSA) is 110 Å². The maximum atomic E-state index is 13.2. The third kappa shape index (κ3) is 5.14. The van der Waals surface area contributed by atoms with Gasteiger partial charge in [0.25, 0.3) is 0 Å². The molecule has 7 heteroatoms. The second-order valence-electron chi connectivity index (χ2n) is 8.87. The third-order valence-corrected chi connectivity index (χ3v) is 6.25. The fourth-order valence-electron chi connectivity index (χ4n) is 4.55. The molecule has 2 aromatic carbocycles. The number of carbonyl (C=O) groups excluding carboxylic acids is 3. The van der Waals surface area contributed by atoms with Crippen molar-refractivity contribution in [3.63, 3.8) is 0 Å². The van der Waals surface area contributed by atoms with Gasteiger partial charge in [0.2, 0.25) is 0 Å². The summed E-state index contributed by atoms with van der Waals surface area (Å²) in [6.45, 7) is 1.76. The Labute approximate surface area is 198 Å². The van der Waals surface area contributed by atoms with Crippen LogP contribution in [0, 0.1) is 0 Å². The minimum absolute atomic E-state index is 0.0121. The van der Waals surface area contributed by atoms with Crippen molar-refractivity contribution in [1.82, 2.24) is 0 Å². The number of fused-ring (bicyclic) bond motifs is 2. The van der Waals surface area contributed by atoms with Crippen molar-refractivity contribution >= 4 is 23.8 Å². The molecule has 2 aliphatic rings. The van der Waals surface area contributed by atoms with Crippen molar-refractivity contribution in [2.45, 2.75) is 63.9 Å². The largest absolute Gasteiger partial charge is 0.508 e. The molecule has 0 saturated carbocycles. The molecule has 0 amide bonds. The lowest BCUT2D eigenvalue weighted by molar-refractivity contribution is -0.135. The first-order chi connectivity index (χ1) is 16.3. The highest BCUT2D eigenvalue weighted by atomic mass is 16.5. The maximum absolute atomic E-state index is 13.2. The third-order valence-electron chi connectivity index (χ3n) is 6.25. The SMILES string of the molecule is C[C@H]1CCCC(=O)CCCC=Cc2cc3c(c(O)c2C(=O)O1)[C@H](c1cccc(O)c1)CC(=O)O3. The highest BCUT2D eigenvalue weighted by Gasteiger charge is 2.35. The van der Waals surface area contributed by atoms with Crippen molar-refractivity contribution < 1.29 is 34.1 Å². The van der Waals surface area contributed by atoms with E-state index in [1.54, 1.807) is 31.2 Å². The molecular weight excluding hydrogens is 436 g/mol. The van der Waals surface area contributed by atoms with Crippen LogP contribution in [0.3, 0.4) is 0 Å². The molecule has 7 nitrogen and oxygen atoms in total. The summed E-state index contributed by atoms with van der Waals surface area (Å²) in [4.78, 5) is 37.6. The summed E-state index contributed by atoms with van der Waals surface area (Å²) in [6, 6.07) is 8.02. The normalized spacial score (nSPS) is 21.6. The number of allylic oxidation sites excluding steroid dienone is 1. The predicted octanol–water partition coefficient (Wildman–Crippen LogP) is 5.02. The Balaban J connectivity index is 1.82. The second kappa shape index (κ2) is 10.1. The molecule has 2 heterocycles. The lowest BCUT2D eigenvalue weighted by Gasteiger charge is -2.27. The van der Waals surface area contributed by atoms with Crippen molar-refractivity contribution in [3.8, 4) is 17.2 Å². The van der Waals surface area contributed by atoms with Gasteiger partial charge in [0.05, 0.1) is 12.5 Å². The average Bonchev–Trinajstić information content (AvgIpc) is 2.77. The fraction of sp³-hybridized carbons (Fsp3) is 0.370. The number of phenols is 2. The van der Waals surface area contributed by atoms with E-state index in [4.69, 9.17) is 9.47 Å². The number of hydrogen-bond donors (Lipinski definition) is 2. The zero-order valence-electron chi connectivity index (χ0n) is 19.1. The van der Waals surface area contributed by atoms with E-state index in [0.717, 1.165) is 0 Å². The summed E-state index contributed by atoms with van der Waals surface area (Å²) in [6.07, 6.45) is 6.46. The quantitative estimate of drug-likeness (QED) is 0.450. The van der Waals surface area contributed by atoms with Crippen LogP contribution in [-0.2, 0) is 14.3 Å². The first kappa shape index (κ1) is 23.5. The van der Waals surface area contributed by atoms with E-state index in [1.807, 2.05) is 6.08 Å². The van der Waals surface area contributed by atoms with Crippen LogP contribution >= 0.6 is 0 Å². The van der Waals surface area contributed by atoms with Crippen molar-refractivity contribution in [2.24, 2.45) is 0 Å². The standard InChI is InChI=1S/C27H28O7/c1-16-7-5-11-19(28)10-4-2-3-8-18-14-22-25(26(31)24(18)27(32)33-16)21(15-23(30)34-22)17-9-6-12-20(29)13-17/h3,6,8-9,12-14,16,21,29,31H,2,4-5,7,10-11,15H2,1H3/t16-,21-/m0/s1. The summed E-state index contributed by atoms with van der Waals surface area (Å²) in [5, 5.41) is 21.3. The van der Waals surface area contributed by atoms with E-state index in [1.165, 1.54) is 12.1 Å². The molecule has 0 radical (unpaired) electrons. The molecule has 178 valence electrons. The summed E-state index contributed by atoms with van der Waals surface area (Å²) < 4.78 is 11.1. The number of hydrogen-bond acceptors (Lipinski definition) is 7. The first-order valence-corrected chi connectivity index (χ1v) is 11.6. The molecule has 0 aromatic heterocycles. The van der Waals surface area contributed by atoms with E-state index < -0.39 is 24.0 Å². The van der Waals surface area contributed by atoms with Gasteiger partial charge in [-0.1, -0.05) is 24.3 Å². The van der Waals surface area contributed by atoms with Crippen LogP contribution in [0.15, 0.2) is 36.4 Å². The molecule has 34 heavy (non-hydrogen) atoms. The Bertz CT molecular complexity index is 1150. The second-order valence-corrected chi connectivity index (χ2v) is 8.87. The molecular formula is C27H28O7. The lowest BCUT2D eigenvalue weighted by atomic mass is 9.83. The molecule has 4 rings (SSSR count). The van der Waals surface area contributed by atoms with Crippen LogP contribution in [-0.4, -0.2) is 34.0 Å². The molecule has 0 aliphatic carbocycles. The van der Waals surface area contributed by atoms with Gasteiger partial charge in [0.15, 0.2) is 0 Å². The number of esters is 2. The number of Topliss-reactive ketones (excluding diaryl/α,β-unsaturated/α-hetero) is 1. The van der Waals surface area contributed by atoms with Gasteiger partial charge in [-0.3, -0.25) is 9.59 Å². The Morgan fingerprint density at radius 3 is 2.62 bits per heavy atom. The number of rotatable bonds is 1. The number of carbonyl (C=O) groups is 3. The Kier molecular flexibility index (Phi) is 7.01. The van der Waals surface area contributed by atoms with Crippen LogP contribution in [0.25, 0.3) is 6.08 Å². The molecule has 2 N–H and O–H groups in total. The molecule has 0 spiro atoms. The molecule has 0 fully saturated rings. The minimum Gasteiger partial charge on any atom is -0.508 e. The van der Waals surface area contributed by atoms with Gasteiger partial charge in [-0.2, -0.15) is 0 Å². The van der Waals surface area contributed by atoms with Gasteiger partial charge >= 0.3 is 11.9 Å². The number of cyclic esters (lactones) is 1. The Morgan fingerprint density at radius 2 is 1.82 bits per heavy atom. The van der Waals surface area contributed by atoms with Crippen molar-refractivity contribution in [1.29, 1.82) is 0 Å². The minimum atomic E-state index is -0.678. The van der Waals surface area contributed by atoms with E-state index >= 15 is 0 Å². The highest BCUT2D eigenvalue weighted by molar-refractivity contribution is 5.98. The van der Waals surface area contributed by atoms with Gasteiger partial charge in [-0.05, 0) is 61.9 Å². The fourth-order valence-corrected chi connectivity index (χ4v) is 4.55. The van der Waals surface area contributed by atoms with Gasteiger partial charge in [0.1, 0.15) is 28.6 Å². The van der Waals surface area contributed by atoms with Crippen LogP contribution < -0.4 is 4.74 Å². The van der Waals surface area contributed by atoms with Gasteiger partial charge in [-0.15, -0.1) is 0 Å². The number of ether oxygens (including phenoxy) is 2. The maximum Gasteiger partial charge on any atom is 0.342 e. The molecule has 0 saturated heterocycles. The Morgan fingerprint density at radius 1 is 1.03 bits per heavy atom.